The minimum atomic E-state index is -0.460. The Kier molecular flexibility index (Phi) is 3.53. The molecular weight excluding hydrogens is 242 g/mol. The van der Waals surface area contributed by atoms with Crippen molar-refractivity contribution < 1.29 is 4.39 Å². The van der Waals surface area contributed by atoms with Crippen LogP contribution >= 0.6 is 27.5 Å². The van der Waals surface area contributed by atoms with Crippen LogP contribution in [0.15, 0.2) is 22.7 Å². The Balaban J connectivity index is 2.96. The van der Waals surface area contributed by atoms with Crippen LogP contribution in [0, 0.1) is 6.92 Å². The first-order chi connectivity index (χ1) is 5.65. The first kappa shape index (κ1) is 10.0. The van der Waals surface area contributed by atoms with Crippen LogP contribution in [0.4, 0.5) is 4.39 Å². The molecule has 0 spiro atoms. The van der Waals surface area contributed by atoms with Crippen LogP contribution in [-0.4, -0.2) is 6.67 Å². The van der Waals surface area contributed by atoms with Gasteiger partial charge in [0.2, 0.25) is 0 Å². The topological polar surface area (TPSA) is 0 Å². The van der Waals surface area contributed by atoms with E-state index in [0.717, 1.165) is 10.0 Å². The summed E-state index contributed by atoms with van der Waals surface area (Å²) in [6.07, 6.45) is 0. The van der Waals surface area contributed by atoms with Gasteiger partial charge >= 0.3 is 0 Å². The number of alkyl halides is 1. The van der Waals surface area contributed by atoms with Crippen molar-refractivity contribution >= 4 is 27.5 Å². The zero-order valence-corrected chi connectivity index (χ0v) is 8.70. The molecule has 1 rings (SSSR count). The van der Waals surface area contributed by atoms with Crippen molar-refractivity contribution in [1.29, 1.82) is 0 Å². The lowest BCUT2D eigenvalue weighted by Gasteiger charge is -2.07. The highest BCUT2D eigenvalue weighted by molar-refractivity contribution is 9.10. The van der Waals surface area contributed by atoms with E-state index in [2.05, 4.69) is 22.9 Å². The predicted molar refractivity (Wildman–Crippen MR) is 53.2 cm³/mol. The molecule has 0 aliphatic heterocycles. The Morgan fingerprint density at radius 3 is 2.75 bits per heavy atom. The summed E-state index contributed by atoms with van der Waals surface area (Å²) < 4.78 is 13.0. The predicted octanol–water partition coefficient (Wildman–Crippen LogP) is 3.99. The lowest BCUT2D eigenvalue weighted by Crippen LogP contribution is -1.95. The number of halogens is 3. The maximum Gasteiger partial charge on any atom is 0.0962 e. The molecule has 3 heteroatoms. The SMILES string of the molecule is [CH2]C(CF)c1ccc(Br)c(Cl)c1. The van der Waals surface area contributed by atoms with Gasteiger partial charge in [-0.3, -0.25) is 4.39 Å². The van der Waals surface area contributed by atoms with E-state index in [1.807, 2.05) is 6.07 Å². The fourth-order valence-electron chi connectivity index (χ4n) is 0.855. The molecule has 1 aromatic rings. The summed E-state index contributed by atoms with van der Waals surface area (Å²) in [4.78, 5) is 0. The van der Waals surface area contributed by atoms with Gasteiger partial charge in [0, 0.05) is 10.4 Å². The Morgan fingerprint density at radius 1 is 1.58 bits per heavy atom. The van der Waals surface area contributed by atoms with E-state index >= 15 is 0 Å². The van der Waals surface area contributed by atoms with Crippen LogP contribution in [0.3, 0.4) is 0 Å². The van der Waals surface area contributed by atoms with E-state index in [-0.39, 0.29) is 5.92 Å². The van der Waals surface area contributed by atoms with Crippen molar-refractivity contribution in [2.45, 2.75) is 5.92 Å². The minimum Gasteiger partial charge on any atom is -0.250 e. The fraction of sp³-hybridized carbons (Fsp3) is 0.222. The second kappa shape index (κ2) is 4.24. The van der Waals surface area contributed by atoms with Gasteiger partial charge < -0.3 is 0 Å². The normalized spacial score (nSPS) is 13.0. The first-order valence-electron chi connectivity index (χ1n) is 3.49. The van der Waals surface area contributed by atoms with Crippen LogP contribution in [0.25, 0.3) is 0 Å². The van der Waals surface area contributed by atoms with Gasteiger partial charge in [0.05, 0.1) is 11.7 Å². The van der Waals surface area contributed by atoms with Crippen LogP contribution < -0.4 is 0 Å². The third-order valence-corrected chi connectivity index (χ3v) is 2.83. The number of hydrogen-bond donors (Lipinski definition) is 0. The molecule has 1 atom stereocenters. The first-order valence-corrected chi connectivity index (χ1v) is 4.66. The Bertz CT molecular complexity index is 275. The second-order valence-corrected chi connectivity index (χ2v) is 3.79. The molecule has 1 radical (unpaired) electrons. The molecule has 0 heterocycles. The number of rotatable bonds is 2. The molecule has 0 bridgehead atoms. The summed E-state index contributed by atoms with van der Waals surface area (Å²) >= 11 is 9.07. The third kappa shape index (κ3) is 2.20. The number of benzene rings is 1. The van der Waals surface area contributed by atoms with E-state index in [1.165, 1.54) is 0 Å². The maximum absolute atomic E-state index is 12.2. The monoisotopic (exact) mass is 249 g/mol. The molecule has 0 saturated heterocycles. The van der Waals surface area contributed by atoms with Crippen LogP contribution in [0.2, 0.25) is 5.02 Å². The summed E-state index contributed by atoms with van der Waals surface area (Å²) in [5.74, 6) is -0.324. The highest BCUT2D eigenvalue weighted by Crippen LogP contribution is 2.26. The molecule has 0 aliphatic carbocycles. The second-order valence-electron chi connectivity index (χ2n) is 2.52. The van der Waals surface area contributed by atoms with E-state index in [9.17, 15) is 4.39 Å². The average molecular weight is 251 g/mol. The van der Waals surface area contributed by atoms with Gasteiger partial charge in [0.15, 0.2) is 0 Å². The standard InChI is InChI=1S/C9H8BrClF/c1-6(5-12)7-2-3-8(10)9(11)4-7/h2-4,6H,1,5H2. The molecule has 0 saturated carbocycles. The molecule has 0 aromatic heterocycles. The molecule has 0 fully saturated rings. The summed E-state index contributed by atoms with van der Waals surface area (Å²) in [5.41, 5.74) is 0.825. The van der Waals surface area contributed by atoms with Crippen molar-refractivity contribution in [2.24, 2.45) is 0 Å². The molecule has 0 aliphatic rings. The van der Waals surface area contributed by atoms with Crippen LogP contribution in [0.1, 0.15) is 11.5 Å². The molecule has 0 amide bonds. The highest BCUT2D eigenvalue weighted by atomic mass is 79.9. The minimum absolute atomic E-state index is 0.324. The Labute approximate surface area is 84.9 Å². The van der Waals surface area contributed by atoms with Gasteiger partial charge in [-0.25, -0.2) is 0 Å². The summed E-state index contributed by atoms with van der Waals surface area (Å²) in [5, 5.41) is 0.592. The Hall–Kier alpha value is -0.0800. The molecule has 0 nitrogen and oxygen atoms in total. The lowest BCUT2D eigenvalue weighted by molar-refractivity contribution is 0.465. The van der Waals surface area contributed by atoms with Crippen molar-refractivity contribution in [3.63, 3.8) is 0 Å². The van der Waals surface area contributed by atoms with Gasteiger partial charge in [0.25, 0.3) is 0 Å². The van der Waals surface area contributed by atoms with Crippen molar-refractivity contribution in [3.8, 4) is 0 Å². The summed E-state index contributed by atoms with van der Waals surface area (Å²) in [6.45, 7) is 3.19. The largest absolute Gasteiger partial charge is 0.250 e. The van der Waals surface area contributed by atoms with Crippen LogP contribution in [0.5, 0.6) is 0 Å². The highest BCUT2D eigenvalue weighted by Gasteiger charge is 2.06. The van der Waals surface area contributed by atoms with Gasteiger partial charge in [-0.2, -0.15) is 0 Å². The molecule has 1 aromatic carbocycles. The van der Waals surface area contributed by atoms with Gasteiger partial charge in [-0.15, -0.1) is 0 Å². The fourth-order valence-corrected chi connectivity index (χ4v) is 1.29. The molecular formula is C9H8BrClF. The van der Waals surface area contributed by atoms with Gasteiger partial charge in [0.1, 0.15) is 0 Å². The average Bonchev–Trinajstić information content (AvgIpc) is 2.08. The third-order valence-electron chi connectivity index (χ3n) is 1.60. The lowest BCUT2D eigenvalue weighted by atomic mass is 10.0. The number of hydrogen-bond acceptors (Lipinski definition) is 0. The molecule has 65 valence electrons. The quantitative estimate of drug-likeness (QED) is 0.744. The van der Waals surface area contributed by atoms with Crippen LogP contribution in [-0.2, 0) is 0 Å². The molecule has 12 heavy (non-hydrogen) atoms. The zero-order chi connectivity index (χ0) is 9.14. The smallest absolute Gasteiger partial charge is 0.0962 e. The van der Waals surface area contributed by atoms with Crippen molar-refractivity contribution in [2.75, 3.05) is 6.67 Å². The zero-order valence-electron chi connectivity index (χ0n) is 6.36. The van der Waals surface area contributed by atoms with Gasteiger partial charge in [-0.1, -0.05) is 17.7 Å². The summed E-state index contributed by atoms with van der Waals surface area (Å²) in [6, 6.07) is 5.33. The van der Waals surface area contributed by atoms with E-state index < -0.39 is 6.67 Å². The molecule has 1 unspecified atom stereocenters. The van der Waals surface area contributed by atoms with E-state index in [0.29, 0.717) is 5.02 Å². The Morgan fingerprint density at radius 2 is 2.25 bits per heavy atom. The van der Waals surface area contributed by atoms with E-state index in [1.54, 1.807) is 12.1 Å². The summed E-state index contributed by atoms with van der Waals surface area (Å²) in [7, 11) is 0. The van der Waals surface area contributed by atoms with Crippen molar-refractivity contribution in [1.82, 2.24) is 0 Å². The van der Waals surface area contributed by atoms with Crippen molar-refractivity contribution in [3.05, 3.63) is 40.2 Å². The molecule has 0 N–H and O–H groups in total. The van der Waals surface area contributed by atoms with E-state index in [4.69, 9.17) is 11.6 Å². The van der Waals surface area contributed by atoms with Gasteiger partial charge in [-0.05, 0) is 40.5 Å². The maximum atomic E-state index is 12.2.